The number of nitrogens with two attached hydrogens (primary N) is 1. The first kappa shape index (κ1) is 13.6. The third-order valence-electron chi connectivity index (χ3n) is 3.80. The molecule has 0 aliphatic heterocycles. The van der Waals surface area contributed by atoms with Gasteiger partial charge in [0.2, 0.25) is 0 Å². The van der Waals surface area contributed by atoms with E-state index in [2.05, 4.69) is 24.9 Å². The van der Waals surface area contributed by atoms with Crippen LogP contribution in [0.15, 0.2) is 42.6 Å². The number of pyridine rings is 1. The molecule has 0 atom stereocenters. The number of nitrogens with zero attached hydrogens (tertiary/aromatic N) is 2. The zero-order chi connectivity index (χ0) is 14.8. The third kappa shape index (κ3) is 2.50. The average molecular weight is 281 g/mol. The molecule has 0 spiro atoms. The predicted octanol–water partition coefficient (Wildman–Crippen LogP) is 2.99. The minimum atomic E-state index is 0.426. The summed E-state index contributed by atoms with van der Waals surface area (Å²) in [5.74, 6) is 1.77. The van der Waals surface area contributed by atoms with Gasteiger partial charge in [-0.05, 0) is 43.2 Å². The zero-order valence-electron chi connectivity index (χ0n) is 12.3. The summed E-state index contributed by atoms with van der Waals surface area (Å²) >= 11 is 0. The van der Waals surface area contributed by atoms with E-state index in [1.165, 1.54) is 5.56 Å². The van der Waals surface area contributed by atoms with Gasteiger partial charge >= 0.3 is 0 Å². The largest absolute Gasteiger partial charge is 0.485 e. The Labute approximate surface area is 124 Å². The van der Waals surface area contributed by atoms with Crippen LogP contribution in [-0.2, 0) is 13.2 Å². The molecule has 0 amide bonds. The number of benzene rings is 1. The first-order chi connectivity index (χ1) is 10.2. The van der Waals surface area contributed by atoms with Crippen molar-refractivity contribution in [2.45, 2.75) is 27.0 Å². The molecule has 0 saturated heterocycles. The molecule has 0 fully saturated rings. The van der Waals surface area contributed by atoms with E-state index in [0.29, 0.717) is 13.2 Å². The van der Waals surface area contributed by atoms with Gasteiger partial charge in [0.1, 0.15) is 12.4 Å². The molecule has 21 heavy (non-hydrogen) atoms. The van der Waals surface area contributed by atoms with Crippen molar-refractivity contribution in [1.82, 2.24) is 9.38 Å². The second-order valence-corrected chi connectivity index (χ2v) is 5.12. The Bertz CT molecular complexity index is 777. The molecule has 1 aromatic carbocycles. The number of rotatable bonds is 4. The summed E-state index contributed by atoms with van der Waals surface area (Å²) in [7, 11) is 0. The van der Waals surface area contributed by atoms with Crippen molar-refractivity contribution in [2.24, 2.45) is 5.73 Å². The van der Waals surface area contributed by atoms with Crippen molar-refractivity contribution in [3.05, 3.63) is 65.2 Å². The quantitative estimate of drug-likeness (QED) is 0.800. The maximum absolute atomic E-state index is 5.95. The van der Waals surface area contributed by atoms with Gasteiger partial charge in [0, 0.05) is 12.7 Å². The number of ether oxygens (including phenoxy) is 1. The van der Waals surface area contributed by atoms with Crippen LogP contribution in [0.3, 0.4) is 0 Å². The highest BCUT2D eigenvalue weighted by molar-refractivity contribution is 5.53. The molecule has 0 saturated carbocycles. The second-order valence-electron chi connectivity index (χ2n) is 5.12. The Morgan fingerprint density at radius 1 is 1.14 bits per heavy atom. The molecular formula is C17H19N3O. The van der Waals surface area contributed by atoms with Gasteiger partial charge in [-0.15, -0.1) is 0 Å². The van der Waals surface area contributed by atoms with Gasteiger partial charge in [-0.25, -0.2) is 4.98 Å². The predicted molar refractivity (Wildman–Crippen MR) is 83.3 cm³/mol. The summed E-state index contributed by atoms with van der Waals surface area (Å²) in [5, 5.41) is 0. The summed E-state index contributed by atoms with van der Waals surface area (Å²) in [6.45, 7) is 5.01. The molecule has 4 nitrogen and oxygen atoms in total. The van der Waals surface area contributed by atoms with E-state index in [4.69, 9.17) is 10.5 Å². The molecule has 0 aliphatic rings. The van der Waals surface area contributed by atoms with Crippen molar-refractivity contribution in [3.8, 4) is 5.75 Å². The Morgan fingerprint density at radius 2 is 2.00 bits per heavy atom. The van der Waals surface area contributed by atoms with E-state index in [9.17, 15) is 0 Å². The lowest BCUT2D eigenvalue weighted by molar-refractivity contribution is 0.293. The summed E-state index contributed by atoms with van der Waals surface area (Å²) < 4.78 is 7.98. The van der Waals surface area contributed by atoms with Crippen LogP contribution >= 0.6 is 0 Å². The van der Waals surface area contributed by atoms with E-state index in [1.54, 1.807) is 0 Å². The van der Waals surface area contributed by atoms with Gasteiger partial charge in [0.15, 0.2) is 5.82 Å². The highest BCUT2D eigenvalue weighted by Gasteiger charge is 2.10. The number of imidazole rings is 1. The molecule has 2 aromatic heterocycles. The smallest absolute Gasteiger partial charge is 0.151 e. The Kier molecular flexibility index (Phi) is 3.62. The summed E-state index contributed by atoms with van der Waals surface area (Å²) in [5.41, 5.74) is 10.1. The number of hydrogen-bond donors (Lipinski definition) is 1. The second kappa shape index (κ2) is 5.58. The standard InChI is InChI=1S/C17H19N3O/c1-12-6-5-8-16(13(12)2)21-11-17-19-14(10-18)15-7-3-4-9-20(15)17/h3-9H,10-11,18H2,1-2H3. The van der Waals surface area contributed by atoms with Crippen LogP contribution < -0.4 is 10.5 Å². The molecule has 3 rings (SSSR count). The SMILES string of the molecule is Cc1cccc(OCc2nc(CN)c3ccccn23)c1C. The summed E-state index contributed by atoms with van der Waals surface area (Å²) in [6, 6.07) is 12.1. The normalized spacial score (nSPS) is 11.0. The average Bonchev–Trinajstić information content (AvgIpc) is 2.87. The van der Waals surface area contributed by atoms with Crippen LogP contribution in [-0.4, -0.2) is 9.38 Å². The van der Waals surface area contributed by atoms with Crippen molar-refractivity contribution >= 4 is 5.52 Å². The number of fused-ring (bicyclic) bond motifs is 1. The molecular weight excluding hydrogens is 262 g/mol. The lowest BCUT2D eigenvalue weighted by Gasteiger charge is -2.10. The minimum Gasteiger partial charge on any atom is -0.485 e. The van der Waals surface area contributed by atoms with Crippen LogP contribution in [0.5, 0.6) is 5.75 Å². The van der Waals surface area contributed by atoms with E-state index in [1.807, 2.05) is 40.9 Å². The molecule has 0 radical (unpaired) electrons. The third-order valence-corrected chi connectivity index (χ3v) is 3.80. The van der Waals surface area contributed by atoms with Crippen LogP contribution in [0, 0.1) is 13.8 Å². The van der Waals surface area contributed by atoms with Crippen LogP contribution in [0.1, 0.15) is 22.6 Å². The zero-order valence-corrected chi connectivity index (χ0v) is 12.3. The van der Waals surface area contributed by atoms with Crippen molar-refractivity contribution in [1.29, 1.82) is 0 Å². The van der Waals surface area contributed by atoms with Gasteiger partial charge in [0.05, 0.1) is 11.2 Å². The van der Waals surface area contributed by atoms with Crippen molar-refractivity contribution in [3.63, 3.8) is 0 Å². The molecule has 108 valence electrons. The van der Waals surface area contributed by atoms with E-state index in [0.717, 1.165) is 28.3 Å². The Balaban J connectivity index is 1.90. The number of aryl methyl sites for hydroxylation is 1. The molecule has 4 heteroatoms. The van der Waals surface area contributed by atoms with E-state index in [-0.39, 0.29) is 0 Å². The molecule has 0 bridgehead atoms. The van der Waals surface area contributed by atoms with E-state index >= 15 is 0 Å². The van der Waals surface area contributed by atoms with Crippen molar-refractivity contribution < 1.29 is 4.74 Å². The fraction of sp³-hybridized carbons (Fsp3) is 0.235. The fourth-order valence-electron chi connectivity index (χ4n) is 2.45. The fourth-order valence-corrected chi connectivity index (χ4v) is 2.45. The van der Waals surface area contributed by atoms with Crippen molar-refractivity contribution in [2.75, 3.05) is 0 Å². The van der Waals surface area contributed by atoms with Gasteiger partial charge in [-0.3, -0.25) is 0 Å². The van der Waals surface area contributed by atoms with Gasteiger partial charge in [0.25, 0.3) is 0 Å². The van der Waals surface area contributed by atoms with Crippen LogP contribution in [0.25, 0.3) is 5.52 Å². The molecule has 0 unspecified atom stereocenters. The molecule has 2 heterocycles. The van der Waals surface area contributed by atoms with Gasteiger partial charge < -0.3 is 14.9 Å². The Hall–Kier alpha value is -2.33. The van der Waals surface area contributed by atoms with Gasteiger partial charge in [-0.1, -0.05) is 18.2 Å². The summed E-state index contributed by atoms with van der Waals surface area (Å²) in [6.07, 6.45) is 1.99. The first-order valence-electron chi connectivity index (χ1n) is 7.04. The highest BCUT2D eigenvalue weighted by atomic mass is 16.5. The number of aromatic nitrogens is 2. The maximum atomic E-state index is 5.95. The van der Waals surface area contributed by atoms with Crippen LogP contribution in [0.2, 0.25) is 0 Å². The highest BCUT2D eigenvalue weighted by Crippen LogP contribution is 2.22. The lowest BCUT2D eigenvalue weighted by Crippen LogP contribution is -2.02. The van der Waals surface area contributed by atoms with E-state index < -0.39 is 0 Å². The lowest BCUT2D eigenvalue weighted by atomic mass is 10.1. The Morgan fingerprint density at radius 3 is 2.81 bits per heavy atom. The first-order valence-corrected chi connectivity index (χ1v) is 7.04. The molecule has 2 N–H and O–H groups in total. The summed E-state index contributed by atoms with van der Waals surface area (Å²) in [4.78, 5) is 4.59. The minimum absolute atomic E-state index is 0.426. The molecule has 0 aliphatic carbocycles. The topological polar surface area (TPSA) is 52.5 Å². The number of hydrogen-bond acceptors (Lipinski definition) is 3. The van der Waals surface area contributed by atoms with Crippen LogP contribution in [0.4, 0.5) is 0 Å². The maximum Gasteiger partial charge on any atom is 0.151 e. The monoisotopic (exact) mass is 281 g/mol. The van der Waals surface area contributed by atoms with Gasteiger partial charge in [-0.2, -0.15) is 0 Å². The molecule has 3 aromatic rings.